The van der Waals surface area contributed by atoms with E-state index in [0.29, 0.717) is 0 Å². The fourth-order valence-corrected chi connectivity index (χ4v) is 5.11. The number of nitrogens with one attached hydrogen (secondary N) is 1. The van der Waals surface area contributed by atoms with Crippen molar-refractivity contribution in [2.45, 2.75) is 19.8 Å². The number of benzene rings is 2. The third-order valence-electron chi connectivity index (χ3n) is 5.40. The lowest BCUT2D eigenvalue weighted by molar-refractivity contribution is 0.949. The number of hydrogen-bond acceptors (Lipinski definition) is 5. The normalized spacial score (nSPS) is 13.9. The van der Waals surface area contributed by atoms with Gasteiger partial charge < -0.3 is 10.2 Å². The van der Waals surface area contributed by atoms with Gasteiger partial charge in [-0.3, -0.25) is 0 Å². The Hall–Kier alpha value is -2.63. The predicted molar refractivity (Wildman–Crippen MR) is 124 cm³/mol. The molecule has 0 unspecified atom stereocenters. The minimum atomic E-state index is 0.735. The molecule has 0 radical (unpaired) electrons. The Labute approximate surface area is 179 Å². The molecular weight excluding hydrogens is 400 g/mol. The number of halogens is 1. The van der Waals surface area contributed by atoms with Gasteiger partial charge in [0.2, 0.25) is 0 Å². The van der Waals surface area contributed by atoms with Gasteiger partial charge in [0.25, 0.3) is 0 Å². The van der Waals surface area contributed by atoms with Crippen LogP contribution in [0, 0.1) is 6.92 Å². The lowest BCUT2D eigenvalue weighted by Gasteiger charge is -2.18. The topological polar surface area (TPSA) is 41.1 Å². The molecule has 146 valence electrons. The van der Waals surface area contributed by atoms with Gasteiger partial charge in [-0.25, -0.2) is 9.97 Å². The summed E-state index contributed by atoms with van der Waals surface area (Å²) in [6.07, 6.45) is 4.19. The van der Waals surface area contributed by atoms with Gasteiger partial charge >= 0.3 is 0 Å². The Morgan fingerprint density at radius 1 is 0.966 bits per heavy atom. The second-order valence-corrected chi connectivity index (χ2v) is 8.95. The molecule has 1 aliphatic heterocycles. The van der Waals surface area contributed by atoms with E-state index in [1.807, 2.05) is 12.1 Å². The van der Waals surface area contributed by atoms with Gasteiger partial charge in [0.05, 0.1) is 5.39 Å². The fourth-order valence-electron chi connectivity index (χ4n) is 3.97. The van der Waals surface area contributed by atoms with E-state index in [1.165, 1.54) is 29.0 Å². The quantitative estimate of drug-likeness (QED) is 0.400. The monoisotopic (exact) mass is 420 g/mol. The Bertz CT molecular complexity index is 1150. The molecule has 3 heterocycles. The highest BCUT2D eigenvalue weighted by Gasteiger charge is 2.17. The van der Waals surface area contributed by atoms with Crippen LogP contribution in [-0.2, 0) is 0 Å². The zero-order chi connectivity index (χ0) is 19.8. The number of aryl methyl sites for hydroxylation is 1. The summed E-state index contributed by atoms with van der Waals surface area (Å²) < 4.78 is 0. The number of hydrogen-bond donors (Lipinski definition) is 1. The Morgan fingerprint density at radius 2 is 1.69 bits per heavy atom. The standard InChI is InChI=1S/C23H21ClN4S/c1-15-20(16-4-6-17(24)7-5-16)21-22(25-14-26-23(21)29-15)27-18-8-10-19(11-9-18)28-12-2-3-13-28/h4-11,14H,2-3,12-13H2,1H3,(H,25,26,27). The Kier molecular flexibility index (Phi) is 4.86. The molecule has 1 N–H and O–H groups in total. The number of anilines is 3. The molecule has 1 saturated heterocycles. The Morgan fingerprint density at radius 3 is 2.41 bits per heavy atom. The van der Waals surface area contributed by atoms with Crippen LogP contribution in [0.3, 0.4) is 0 Å². The minimum Gasteiger partial charge on any atom is -0.372 e. The molecule has 4 aromatic rings. The molecular formula is C23H21ClN4S. The smallest absolute Gasteiger partial charge is 0.143 e. The third-order valence-corrected chi connectivity index (χ3v) is 6.66. The summed E-state index contributed by atoms with van der Waals surface area (Å²) in [5.74, 6) is 0.832. The molecule has 0 spiro atoms. The van der Waals surface area contributed by atoms with Gasteiger partial charge in [-0.1, -0.05) is 23.7 Å². The summed E-state index contributed by atoms with van der Waals surface area (Å²) >= 11 is 7.78. The van der Waals surface area contributed by atoms with Crippen molar-refractivity contribution in [3.05, 3.63) is 64.8 Å². The molecule has 6 heteroatoms. The maximum Gasteiger partial charge on any atom is 0.143 e. The van der Waals surface area contributed by atoms with Crippen molar-refractivity contribution in [1.29, 1.82) is 0 Å². The highest BCUT2D eigenvalue weighted by atomic mass is 35.5. The molecule has 2 aromatic carbocycles. The molecule has 0 saturated carbocycles. The van der Waals surface area contributed by atoms with Crippen molar-refractivity contribution in [1.82, 2.24) is 9.97 Å². The lowest BCUT2D eigenvalue weighted by atomic mass is 10.0. The van der Waals surface area contributed by atoms with Crippen molar-refractivity contribution in [3.8, 4) is 11.1 Å². The maximum absolute atomic E-state index is 6.09. The minimum absolute atomic E-state index is 0.735. The number of fused-ring (bicyclic) bond motifs is 1. The summed E-state index contributed by atoms with van der Waals surface area (Å²) in [7, 11) is 0. The van der Waals surface area contributed by atoms with Crippen molar-refractivity contribution in [2.24, 2.45) is 0 Å². The number of aromatic nitrogens is 2. The zero-order valence-electron chi connectivity index (χ0n) is 16.2. The SMILES string of the molecule is Cc1sc2ncnc(Nc3ccc(N4CCCC4)cc3)c2c1-c1ccc(Cl)cc1. The average Bonchev–Trinajstić information content (AvgIpc) is 3.37. The fraction of sp³-hybridized carbons (Fsp3) is 0.217. The molecule has 4 nitrogen and oxygen atoms in total. The van der Waals surface area contributed by atoms with E-state index in [4.69, 9.17) is 11.6 Å². The van der Waals surface area contributed by atoms with Gasteiger partial charge in [-0.15, -0.1) is 11.3 Å². The maximum atomic E-state index is 6.09. The van der Waals surface area contributed by atoms with E-state index < -0.39 is 0 Å². The predicted octanol–water partition coefficient (Wildman–Crippen LogP) is 6.66. The van der Waals surface area contributed by atoms with Gasteiger partial charge in [0.1, 0.15) is 17.0 Å². The first-order valence-corrected chi connectivity index (χ1v) is 11.0. The molecule has 0 aliphatic carbocycles. The van der Waals surface area contributed by atoms with Crippen molar-refractivity contribution < 1.29 is 0 Å². The first kappa shape index (κ1) is 18.4. The van der Waals surface area contributed by atoms with Crippen LogP contribution in [0.15, 0.2) is 54.9 Å². The molecule has 29 heavy (non-hydrogen) atoms. The van der Waals surface area contributed by atoms with E-state index in [9.17, 15) is 0 Å². The molecule has 0 atom stereocenters. The van der Waals surface area contributed by atoms with Crippen molar-refractivity contribution in [2.75, 3.05) is 23.3 Å². The van der Waals surface area contributed by atoms with Crippen LogP contribution in [0.2, 0.25) is 5.02 Å². The van der Waals surface area contributed by atoms with Crippen LogP contribution in [0.1, 0.15) is 17.7 Å². The molecule has 5 rings (SSSR count). The number of rotatable bonds is 4. The van der Waals surface area contributed by atoms with Crippen molar-refractivity contribution >= 4 is 50.3 Å². The summed E-state index contributed by atoms with van der Waals surface area (Å²) in [5.41, 5.74) is 4.60. The lowest BCUT2D eigenvalue weighted by Crippen LogP contribution is -2.17. The second-order valence-electron chi connectivity index (χ2n) is 7.31. The average molecular weight is 421 g/mol. The van der Waals surface area contributed by atoms with Gasteiger partial charge in [-0.05, 0) is 61.7 Å². The summed E-state index contributed by atoms with van der Waals surface area (Å²) in [4.78, 5) is 13.7. The van der Waals surface area contributed by atoms with E-state index in [-0.39, 0.29) is 0 Å². The first-order chi connectivity index (χ1) is 14.2. The van der Waals surface area contributed by atoms with Gasteiger partial charge in [0.15, 0.2) is 0 Å². The van der Waals surface area contributed by atoms with Crippen LogP contribution in [-0.4, -0.2) is 23.1 Å². The Balaban J connectivity index is 1.52. The largest absolute Gasteiger partial charge is 0.372 e. The van der Waals surface area contributed by atoms with E-state index in [1.54, 1.807) is 17.7 Å². The van der Waals surface area contributed by atoms with Gasteiger partial charge in [0, 0.05) is 39.9 Å². The molecule has 0 amide bonds. The molecule has 0 bridgehead atoms. The van der Waals surface area contributed by atoms with Gasteiger partial charge in [-0.2, -0.15) is 0 Å². The van der Waals surface area contributed by atoms with Crippen LogP contribution in [0.5, 0.6) is 0 Å². The molecule has 1 fully saturated rings. The van der Waals surface area contributed by atoms with Crippen LogP contribution in [0.25, 0.3) is 21.3 Å². The molecule has 2 aromatic heterocycles. The highest BCUT2D eigenvalue weighted by Crippen LogP contribution is 2.41. The van der Waals surface area contributed by atoms with E-state index >= 15 is 0 Å². The second kappa shape index (κ2) is 7.65. The van der Waals surface area contributed by atoms with Crippen LogP contribution < -0.4 is 10.2 Å². The number of thiophene rings is 1. The van der Waals surface area contributed by atoms with E-state index in [2.05, 4.69) is 63.5 Å². The first-order valence-electron chi connectivity index (χ1n) is 9.81. The summed E-state index contributed by atoms with van der Waals surface area (Å²) in [6.45, 7) is 4.43. The highest BCUT2D eigenvalue weighted by molar-refractivity contribution is 7.19. The zero-order valence-corrected chi connectivity index (χ0v) is 17.7. The van der Waals surface area contributed by atoms with Crippen LogP contribution >= 0.6 is 22.9 Å². The number of nitrogens with zero attached hydrogens (tertiary/aromatic N) is 3. The van der Waals surface area contributed by atoms with E-state index in [0.717, 1.165) is 45.4 Å². The third kappa shape index (κ3) is 3.56. The van der Waals surface area contributed by atoms with Crippen molar-refractivity contribution in [3.63, 3.8) is 0 Å². The summed E-state index contributed by atoms with van der Waals surface area (Å²) in [5, 5.41) is 5.30. The summed E-state index contributed by atoms with van der Waals surface area (Å²) in [6, 6.07) is 16.6. The van der Waals surface area contributed by atoms with Crippen LogP contribution in [0.4, 0.5) is 17.2 Å². The molecule has 1 aliphatic rings.